The van der Waals surface area contributed by atoms with Gasteiger partial charge in [0.05, 0.1) is 0 Å². The Labute approximate surface area is 249 Å². The summed E-state index contributed by atoms with van der Waals surface area (Å²) >= 11 is 0. The van der Waals surface area contributed by atoms with Gasteiger partial charge in [0.1, 0.15) is 15.7 Å². The van der Waals surface area contributed by atoms with Crippen LogP contribution < -0.4 is 16.0 Å². The average Bonchev–Trinajstić information content (AvgIpc) is 2.99. The van der Waals surface area contributed by atoms with Crippen molar-refractivity contribution in [2.45, 2.75) is 69.5 Å². The van der Waals surface area contributed by atoms with Crippen molar-refractivity contribution in [3.63, 3.8) is 0 Å². The molecule has 0 unspecified atom stereocenters. The minimum absolute atomic E-state index is 0.0950. The molecule has 4 N–H and O–H groups in total. The number of halogens is 2. The molecule has 0 bridgehead atoms. The number of piperazine rings is 1. The molecule has 3 amide bonds. The average molecular weight is 600 g/mol. The first-order valence-corrected chi connectivity index (χ1v) is 16.6. The molecule has 1 heterocycles. The number of amides is 3. The summed E-state index contributed by atoms with van der Waals surface area (Å²) in [5, 5.41) is 11.8. The van der Waals surface area contributed by atoms with E-state index in [0.29, 0.717) is 38.0 Å². The summed E-state index contributed by atoms with van der Waals surface area (Å²) in [5.41, 5.74) is 2.29. The third-order valence-electron chi connectivity index (χ3n) is 8.47. The van der Waals surface area contributed by atoms with Gasteiger partial charge in [-0.05, 0) is 42.0 Å². The summed E-state index contributed by atoms with van der Waals surface area (Å²) in [6.45, 7) is 5.32. The van der Waals surface area contributed by atoms with Crippen LogP contribution in [0, 0.1) is 5.92 Å². The van der Waals surface area contributed by atoms with E-state index in [1.54, 1.807) is 19.1 Å². The Morgan fingerprint density at radius 3 is 2.21 bits per heavy atom. The van der Waals surface area contributed by atoms with Crippen molar-refractivity contribution >= 4 is 33.1 Å². The number of benzene rings is 2. The molecule has 0 aromatic heterocycles. The van der Waals surface area contributed by atoms with Gasteiger partial charge in [-0.3, -0.25) is 19.3 Å². The molecule has 0 spiro atoms. The van der Waals surface area contributed by atoms with E-state index in [0.717, 1.165) is 25.2 Å². The highest BCUT2D eigenvalue weighted by Gasteiger charge is 2.39. The molecular formula is C31H43F2N5O3Si. The Kier molecular flexibility index (Phi) is 11.2. The SMILES string of the molecule is CCC(=O)N[C@H](Cc1ccc(NC(=O)[C@@H]([SiH2]N)C2CCC(F)(F)CC2)cc1)C(=O)N1CCN(Cc2ccccc2)CC1. The van der Waals surface area contributed by atoms with Gasteiger partial charge in [0.15, 0.2) is 0 Å². The molecule has 1 saturated carbocycles. The van der Waals surface area contributed by atoms with Crippen LogP contribution in [0.1, 0.15) is 50.2 Å². The molecule has 228 valence electrons. The first kappa shape index (κ1) is 31.8. The molecule has 42 heavy (non-hydrogen) atoms. The maximum Gasteiger partial charge on any atom is 0.248 e. The fourth-order valence-electron chi connectivity index (χ4n) is 5.86. The number of alkyl halides is 2. The normalized spacial score (nSPS) is 19.4. The van der Waals surface area contributed by atoms with Crippen molar-refractivity contribution in [1.82, 2.24) is 15.1 Å². The van der Waals surface area contributed by atoms with Crippen molar-refractivity contribution in [2.75, 3.05) is 31.5 Å². The zero-order valence-corrected chi connectivity index (χ0v) is 25.8. The molecule has 8 nitrogen and oxygen atoms in total. The number of nitrogens with zero attached hydrogens (tertiary/aromatic N) is 2. The lowest BCUT2D eigenvalue weighted by Gasteiger charge is -2.36. The molecule has 0 radical (unpaired) electrons. The predicted molar refractivity (Wildman–Crippen MR) is 163 cm³/mol. The van der Waals surface area contributed by atoms with E-state index in [2.05, 4.69) is 27.7 Å². The minimum Gasteiger partial charge on any atom is -0.355 e. The minimum atomic E-state index is -2.64. The molecule has 1 saturated heterocycles. The molecule has 11 heteroatoms. The first-order valence-electron chi connectivity index (χ1n) is 15.0. The summed E-state index contributed by atoms with van der Waals surface area (Å²) in [6, 6.07) is 16.8. The first-order chi connectivity index (χ1) is 20.2. The van der Waals surface area contributed by atoms with Gasteiger partial charge in [-0.1, -0.05) is 49.4 Å². The lowest BCUT2D eigenvalue weighted by Crippen LogP contribution is -2.55. The maximum atomic E-state index is 13.6. The number of carbonyl (C=O) groups is 3. The number of hydrogen-bond donors (Lipinski definition) is 3. The summed E-state index contributed by atoms with van der Waals surface area (Å²) in [6.07, 6.45) is 0.858. The van der Waals surface area contributed by atoms with E-state index in [1.165, 1.54) is 5.56 Å². The highest BCUT2D eigenvalue weighted by atomic mass is 28.2. The fraction of sp³-hybridized carbons (Fsp3) is 0.516. The van der Waals surface area contributed by atoms with Crippen LogP contribution >= 0.6 is 0 Å². The second-order valence-corrected chi connectivity index (χ2v) is 12.8. The quantitative estimate of drug-likeness (QED) is 0.344. The van der Waals surface area contributed by atoms with E-state index >= 15 is 0 Å². The third kappa shape index (κ3) is 8.92. The second-order valence-electron chi connectivity index (χ2n) is 11.5. The second kappa shape index (κ2) is 14.8. The van der Waals surface area contributed by atoms with Gasteiger partial charge in [-0.2, -0.15) is 0 Å². The Bertz CT molecular complexity index is 1180. The molecular weight excluding hydrogens is 556 g/mol. The summed E-state index contributed by atoms with van der Waals surface area (Å²) in [5.74, 6) is -3.23. The van der Waals surface area contributed by atoms with Crippen LogP contribution in [0.15, 0.2) is 54.6 Å². The molecule has 2 aromatic rings. The van der Waals surface area contributed by atoms with Crippen molar-refractivity contribution in [3.05, 3.63) is 65.7 Å². The zero-order valence-electron chi connectivity index (χ0n) is 24.4. The third-order valence-corrected chi connectivity index (χ3v) is 10.0. The molecule has 1 aliphatic carbocycles. The van der Waals surface area contributed by atoms with Gasteiger partial charge in [-0.25, -0.2) is 8.78 Å². The lowest BCUT2D eigenvalue weighted by molar-refractivity contribution is -0.138. The van der Waals surface area contributed by atoms with Crippen molar-refractivity contribution in [1.29, 1.82) is 0 Å². The molecule has 1 aliphatic heterocycles. The largest absolute Gasteiger partial charge is 0.355 e. The number of anilines is 1. The molecule has 2 atom stereocenters. The van der Waals surface area contributed by atoms with E-state index in [4.69, 9.17) is 5.40 Å². The monoisotopic (exact) mass is 599 g/mol. The van der Waals surface area contributed by atoms with Crippen molar-refractivity contribution < 1.29 is 23.2 Å². The van der Waals surface area contributed by atoms with Crippen LogP contribution in [0.4, 0.5) is 14.5 Å². The Morgan fingerprint density at radius 2 is 1.62 bits per heavy atom. The highest BCUT2D eigenvalue weighted by molar-refractivity contribution is 6.41. The van der Waals surface area contributed by atoms with E-state index in [-0.39, 0.29) is 48.4 Å². The van der Waals surface area contributed by atoms with Crippen LogP contribution in [-0.2, 0) is 27.3 Å². The lowest BCUT2D eigenvalue weighted by atomic mass is 9.84. The molecule has 4 rings (SSSR count). The van der Waals surface area contributed by atoms with Crippen LogP contribution in [0.25, 0.3) is 0 Å². The summed E-state index contributed by atoms with van der Waals surface area (Å²) < 4.78 is 27.2. The van der Waals surface area contributed by atoms with Gasteiger partial charge in [0, 0.05) is 69.6 Å². The summed E-state index contributed by atoms with van der Waals surface area (Å²) in [7, 11) is -1.23. The highest BCUT2D eigenvalue weighted by Crippen LogP contribution is 2.40. The van der Waals surface area contributed by atoms with Crippen LogP contribution in [0.5, 0.6) is 0 Å². The standard InChI is InChI=1S/C31H43F2N5O3Si/c1-2-27(39)36-26(30(41)38-18-16-37(17-19-38)21-23-6-4-3-5-7-23)20-22-8-10-25(11-9-22)35-29(40)28(42-34)24-12-14-31(32,33)15-13-24/h3-11,24,26,28H,2,12-21,34,42H2,1H3,(H,35,40)(H,36,39)/t26-,28+/m1/s1. The molecule has 2 aromatic carbocycles. The van der Waals surface area contributed by atoms with Crippen LogP contribution in [-0.4, -0.2) is 75.3 Å². The number of carbonyl (C=O) groups excluding carboxylic acids is 3. The van der Waals surface area contributed by atoms with Crippen LogP contribution in [0.3, 0.4) is 0 Å². The van der Waals surface area contributed by atoms with Crippen molar-refractivity contribution in [3.8, 4) is 0 Å². The van der Waals surface area contributed by atoms with Crippen molar-refractivity contribution in [2.24, 2.45) is 11.3 Å². The van der Waals surface area contributed by atoms with Crippen LogP contribution in [0.2, 0.25) is 5.54 Å². The topological polar surface area (TPSA) is 108 Å². The van der Waals surface area contributed by atoms with E-state index in [1.807, 2.05) is 35.2 Å². The van der Waals surface area contributed by atoms with Gasteiger partial charge >= 0.3 is 0 Å². The van der Waals surface area contributed by atoms with Gasteiger partial charge in [0.2, 0.25) is 23.6 Å². The Balaban J connectivity index is 1.33. The number of nitrogens with two attached hydrogens (primary N) is 1. The van der Waals surface area contributed by atoms with Gasteiger partial charge in [0.25, 0.3) is 0 Å². The Hall–Kier alpha value is -3.15. The zero-order chi connectivity index (χ0) is 30.1. The summed E-state index contributed by atoms with van der Waals surface area (Å²) in [4.78, 5) is 42.9. The number of nitrogens with one attached hydrogen (secondary N) is 2. The smallest absolute Gasteiger partial charge is 0.248 e. The molecule has 2 aliphatic rings. The Morgan fingerprint density at radius 1 is 0.976 bits per heavy atom. The maximum absolute atomic E-state index is 13.6. The van der Waals surface area contributed by atoms with E-state index in [9.17, 15) is 23.2 Å². The number of rotatable bonds is 11. The predicted octanol–water partition coefficient (Wildman–Crippen LogP) is 3.06. The van der Waals surface area contributed by atoms with Gasteiger partial charge in [-0.15, -0.1) is 0 Å². The fourth-order valence-corrected chi connectivity index (χ4v) is 7.03. The van der Waals surface area contributed by atoms with Gasteiger partial charge < -0.3 is 20.9 Å². The van der Waals surface area contributed by atoms with E-state index < -0.39 is 21.6 Å². The molecule has 2 fully saturated rings. The number of hydrogen-bond acceptors (Lipinski definition) is 5.